The van der Waals surface area contributed by atoms with E-state index >= 15 is 4.39 Å². The van der Waals surface area contributed by atoms with Crippen LogP contribution in [0.15, 0.2) is 10.6 Å². The maximum Gasteiger partial charge on any atom is 0.416 e. The maximum atomic E-state index is 16.0. The fourth-order valence-corrected chi connectivity index (χ4v) is 4.64. The van der Waals surface area contributed by atoms with Gasteiger partial charge in [-0.3, -0.25) is 0 Å². The monoisotopic (exact) mass is 451 g/mol. The number of hydrogen-bond acceptors (Lipinski definition) is 9. The molecule has 1 aromatic heterocycles. The van der Waals surface area contributed by atoms with Crippen molar-refractivity contribution in [3.63, 3.8) is 0 Å². The number of cyclic esters (lactones) is 1. The molecule has 10 nitrogen and oxygen atoms in total. The molecule has 3 saturated heterocycles. The number of aromatic nitrogens is 1. The van der Waals surface area contributed by atoms with E-state index in [0.717, 1.165) is 0 Å². The molecule has 0 radical (unpaired) electrons. The van der Waals surface area contributed by atoms with Gasteiger partial charge in [0.05, 0.1) is 49.1 Å². The molecular weight excluding hydrogens is 425 g/mol. The summed E-state index contributed by atoms with van der Waals surface area (Å²) in [6.45, 7) is 6.10. The molecule has 0 spiro atoms. The number of carbonyl (C=O) groups excluding carboxylic acids is 1. The number of halogens is 1. The summed E-state index contributed by atoms with van der Waals surface area (Å²) in [5, 5.41) is 4.38. The minimum absolute atomic E-state index is 0.0422. The van der Waals surface area contributed by atoms with Gasteiger partial charge in [-0.05, 0) is 19.9 Å². The van der Waals surface area contributed by atoms with Crippen LogP contribution in [0.1, 0.15) is 25.7 Å². The molecule has 4 heterocycles. The van der Waals surface area contributed by atoms with E-state index in [9.17, 15) is 4.79 Å². The molecular formula is C21H26FN3O7. The summed E-state index contributed by atoms with van der Waals surface area (Å²) in [5.74, 6) is -0.398. The molecule has 0 saturated carbocycles. The van der Waals surface area contributed by atoms with Crippen LogP contribution in [0.3, 0.4) is 0 Å². The van der Waals surface area contributed by atoms with E-state index in [-0.39, 0.29) is 36.8 Å². The number of fused-ring (bicyclic) bond motifs is 1. The van der Waals surface area contributed by atoms with Crippen molar-refractivity contribution in [1.82, 2.24) is 5.16 Å². The summed E-state index contributed by atoms with van der Waals surface area (Å²) in [4.78, 5) is 15.7. The minimum Gasteiger partial charge on any atom is -0.447 e. The first kappa shape index (κ1) is 21.4. The summed E-state index contributed by atoms with van der Waals surface area (Å²) in [6, 6.07) is 1.34. The highest BCUT2D eigenvalue weighted by atomic mass is 19.1. The molecule has 11 heteroatoms. The number of nitrogens with zero attached hydrogens (tertiary/aromatic N) is 3. The van der Waals surface area contributed by atoms with Crippen molar-refractivity contribution in [2.24, 2.45) is 0 Å². The second-order valence-electron chi connectivity index (χ2n) is 8.30. The Bertz CT molecular complexity index is 999. The minimum atomic E-state index is -0.736. The lowest BCUT2D eigenvalue weighted by Crippen LogP contribution is -2.46. The van der Waals surface area contributed by atoms with E-state index in [2.05, 4.69) is 5.16 Å². The smallest absolute Gasteiger partial charge is 0.416 e. The van der Waals surface area contributed by atoms with Crippen molar-refractivity contribution in [2.75, 3.05) is 56.4 Å². The van der Waals surface area contributed by atoms with E-state index < -0.39 is 24.2 Å². The van der Waals surface area contributed by atoms with Crippen LogP contribution >= 0.6 is 0 Å². The molecule has 1 amide bonds. The van der Waals surface area contributed by atoms with Gasteiger partial charge in [0.25, 0.3) is 0 Å². The molecule has 0 bridgehead atoms. The van der Waals surface area contributed by atoms with Crippen LogP contribution in [0.5, 0.6) is 0 Å². The third kappa shape index (κ3) is 3.58. The first-order chi connectivity index (χ1) is 15.5. The van der Waals surface area contributed by atoms with Gasteiger partial charge in [0.15, 0.2) is 17.9 Å². The summed E-state index contributed by atoms with van der Waals surface area (Å²) in [5.41, 5.74) is 0.819. The molecule has 0 unspecified atom stereocenters. The molecule has 2 aromatic rings. The lowest BCUT2D eigenvalue weighted by molar-refractivity contribution is -0.0445. The average Bonchev–Trinajstić information content (AvgIpc) is 3.48. The number of ether oxygens (including phenoxy) is 5. The number of benzene rings is 1. The van der Waals surface area contributed by atoms with Crippen molar-refractivity contribution < 1.29 is 37.4 Å². The second-order valence-corrected chi connectivity index (χ2v) is 8.30. The highest BCUT2D eigenvalue weighted by Crippen LogP contribution is 2.42. The van der Waals surface area contributed by atoms with Crippen LogP contribution in [0, 0.1) is 5.82 Å². The summed E-state index contributed by atoms with van der Waals surface area (Å²) >= 11 is 0. The molecule has 0 aliphatic carbocycles. The summed E-state index contributed by atoms with van der Waals surface area (Å²) < 4.78 is 49.0. The van der Waals surface area contributed by atoms with Crippen molar-refractivity contribution in [1.29, 1.82) is 0 Å². The van der Waals surface area contributed by atoms with Gasteiger partial charge in [-0.15, -0.1) is 0 Å². The lowest BCUT2D eigenvalue weighted by Gasteiger charge is -2.38. The quantitative estimate of drug-likeness (QED) is 0.680. The molecule has 3 aliphatic heterocycles. The Morgan fingerprint density at radius 3 is 2.62 bits per heavy atom. The molecule has 1 aromatic carbocycles. The molecule has 3 fully saturated rings. The van der Waals surface area contributed by atoms with Gasteiger partial charge in [-0.2, -0.15) is 0 Å². The molecule has 3 atom stereocenters. The summed E-state index contributed by atoms with van der Waals surface area (Å²) in [6.07, 6.45) is -1.48. The molecule has 32 heavy (non-hydrogen) atoms. The Labute approximate surface area is 184 Å². The Kier molecular flexibility index (Phi) is 5.66. The largest absolute Gasteiger partial charge is 0.447 e. The number of carbonyl (C=O) groups is 1. The van der Waals surface area contributed by atoms with Crippen LogP contribution in [0.2, 0.25) is 0 Å². The number of methoxy groups -OCH3 is 1. The van der Waals surface area contributed by atoms with Crippen LogP contribution in [0.4, 0.5) is 20.7 Å². The Balaban J connectivity index is 1.64. The first-order valence-electron chi connectivity index (χ1n) is 10.7. The fraction of sp³-hybridized carbons (Fsp3) is 0.619. The van der Waals surface area contributed by atoms with Gasteiger partial charge < -0.3 is 33.1 Å². The van der Waals surface area contributed by atoms with E-state index in [0.29, 0.717) is 42.9 Å². The lowest BCUT2D eigenvalue weighted by atomic mass is 10.0. The topological polar surface area (TPSA) is 95.7 Å². The Hall–Kier alpha value is -2.47. The number of rotatable bonds is 5. The van der Waals surface area contributed by atoms with Gasteiger partial charge in [0, 0.05) is 25.8 Å². The van der Waals surface area contributed by atoms with Gasteiger partial charge in [0.1, 0.15) is 6.61 Å². The highest BCUT2D eigenvalue weighted by molar-refractivity contribution is 6.01. The predicted molar refractivity (Wildman–Crippen MR) is 110 cm³/mol. The standard InChI is InChI=1S/C21H26FN3O7/c1-11-7-24(8-12(2)31-11)17-14(20-28-4-5-29-20)6-15-18(16(17)22)32-23-19(15)25-13(9-27-3)10-30-21(25)26/h6,11-13,20H,4-5,7-10H2,1-3H3/t11-,12+,13-/m0/s1. The van der Waals surface area contributed by atoms with Crippen LogP contribution in [-0.4, -0.2) is 76.1 Å². The van der Waals surface area contributed by atoms with Crippen LogP contribution in [0.25, 0.3) is 11.0 Å². The normalized spacial score (nSPS) is 27.0. The SMILES string of the molecule is COC[C@H]1COC(=O)N1c1noc2c(F)c(N3C[C@@H](C)O[C@@H](C)C3)c(C3OCCO3)cc12. The van der Waals surface area contributed by atoms with E-state index in [1.54, 1.807) is 6.07 Å². The number of anilines is 2. The number of morpholine rings is 1. The maximum absolute atomic E-state index is 16.0. The van der Waals surface area contributed by atoms with Crippen molar-refractivity contribution >= 4 is 28.6 Å². The Morgan fingerprint density at radius 1 is 1.22 bits per heavy atom. The predicted octanol–water partition coefficient (Wildman–Crippen LogP) is 2.60. The van der Waals surface area contributed by atoms with Gasteiger partial charge >= 0.3 is 6.09 Å². The molecule has 3 aliphatic rings. The number of hydrogen-bond donors (Lipinski definition) is 0. The van der Waals surface area contributed by atoms with Crippen LogP contribution < -0.4 is 9.80 Å². The van der Waals surface area contributed by atoms with Crippen LogP contribution in [-0.2, 0) is 23.7 Å². The molecule has 174 valence electrons. The van der Waals surface area contributed by atoms with Gasteiger partial charge in [0.2, 0.25) is 5.58 Å². The molecule has 5 rings (SSSR count). The second kappa shape index (κ2) is 8.47. The fourth-order valence-electron chi connectivity index (χ4n) is 4.64. The van der Waals surface area contributed by atoms with E-state index in [4.69, 9.17) is 28.2 Å². The van der Waals surface area contributed by atoms with Crippen molar-refractivity contribution in [2.45, 2.75) is 38.4 Å². The van der Waals surface area contributed by atoms with Crippen molar-refractivity contribution in [3.05, 3.63) is 17.4 Å². The highest BCUT2D eigenvalue weighted by Gasteiger charge is 2.39. The zero-order valence-corrected chi connectivity index (χ0v) is 18.2. The van der Waals surface area contributed by atoms with Gasteiger partial charge in [-0.1, -0.05) is 5.16 Å². The average molecular weight is 451 g/mol. The Morgan fingerprint density at radius 2 is 1.94 bits per heavy atom. The zero-order chi connectivity index (χ0) is 22.4. The summed E-state index contributed by atoms with van der Waals surface area (Å²) in [7, 11) is 1.53. The first-order valence-corrected chi connectivity index (χ1v) is 10.7. The number of amides is 1. The molecule has 0 N–H and O–H groups in total. The third-order valence-corrected chi connectivity index (χ3v) is 5.85. The van der Waals surface area contributed by atoms with Crippen molar-refractivity contribution in [3.8, 4) is 0 Å². The third-order valence-electron chi connectivity index (χ3n) is 5.85. The van der Waals surface area contributed by atoms with E-state index in [1.165, 1.54) is 12.0 Å². The van der Waals surface area contributed by atoms with E-state index in [1.807, 2.05) is 18.7 Å². The van der Waals surface area contributed by atoms with Gasteiger partial charge in [-0.25, -0.2) is 14.1 Å². The zero-order valence-electron chi connectivity index (χ0n) is 18.2.